The van der Waals surface area contributed by atoms with Crippen LogP contribution in [-0.4, -0.2) is 18.8 Å². The molecule has 0 saturated carbocycles. The Labute approximate surface area is 110 Å². The molecule has 0 saturated heterocycles. The van der Waals surface area contributed by atoms with Crippen LogP contribution in [-0.2, 0) is 16.5 Å². The molecular formula is C14H10O4S. The Morgan fingerprint density at radius 3 is 2.37 bits per heavy atom. The molecule has 0 fully saturated rings. The molecule has 96 valence electrons. The van der Waals surface area contributed by atoms with Gasteiger partial charge in [-0.25, -0.2) is 0 Å². The van der Waals surface area contributed by atoms with E-state index in [1.807, 2.05) is 12.1 Å². The molecule has 0 bridgehead atoms. The number of fused-ring (bicyclic) bond motifs is 2. The summed E-state index contributed by atoms with van der Waals surface area (Å²) in [6.45, 7) is 0. The lowest BCUT2D eigenvalue weighted by atomic mass is 9.85. The quantitative estimate of drug-likeness (QED) is 0.689. The monoisotopic (exact) mass is 274 g/mol. The molecule has 4 nitrogen and oxygen atoms in total. The van der Waals surface area contributed by atoms with Crippen LogP contribution in [0.5, 0.6) is 0 Å². The molecule has 0 aromatic heterocycles. The van der Waals surface area contributed by atoms with Crippen molar-refractivity contribution in [1.29, 1.82) is 0 Å². The van der Waals surface area contributed by atoms with E-state index in [-0.39, 0.29) is 16.2 Å². The second-order valence-electron chi connectivity index (χ2n) is 4.43. The highest BCUT2D eigenvalue weighted by Crippen LogP contribution is 2.31. The average Bonchev–Trinajstić information content (AvgIpc) is 2.37. The number of benzene rings is 2. The van der Waals surface area contributed by atoms with Gasteiger partial charge >= 0.3 is 0 Å². The standard InChI is InChI=1S/C14H10O4S/c15-14-11-6-2-1-4-9(11)8-10-5-3-7-12(13(10)14)19(16,17)18/h1-7H,8H2,(H,16,17,18). The maximum Gasteiger partial charge on any atom is 0.295 e. The molecule has 1 aliphatic carbocycles. The van der Waals surface area contributed by atoms with E-state index in [4.69, 9.17) is 0 Å². The molecule has 0 heterocycles. The van der Waals surface area contributed by atoms with Crippen LogP contribution in [0.4, 0.5) is 0 Å². The molecule has 2 aromatic carbocycles. The third-order valence-corrected chi connectivity index (χ3v) is 4.16. The first-order chi connectivity index (χ1) is 8.98. The Bertz CT molecular complexity index is 791. The Kier molecular flexibility index (Phi) is 2.55. The van der Waals surface area contributed by atoms with Crippen molar-refractivity contribution in [3.63, 3.8) is 0 Å². The van der Waals surface area contributed by atoms with Gasteiger partial charge in [0, 0.05) is 11.1 Å². The largest absolute Gasteiger partial charge is 0.295 e. The molecule has 2 aromatic rings. The van der Waals surface area contributed by atoms with Crippen LogP contribution < -0.4 is 0 Å². The molecule has 0 radical (unpaired) electrons. The Balaban J connectivity index is 2.31. The minimum atomic E-state index is -4.40. The number of rotatable bonds is 1. The van der Waals surface area contributed by atoms with Crippen molar-refractivity contribution in [2.45, 2.75) is 11.3 Å². The molecule has 19 heavy (non-hydrogen) atoms. The summed E-state index contributed by atoms with van der Waals surface area (Å²) in [6, 6.07) is 11.6. The van der Waals surface area contributed by atoms with Crippen LogP contribution in [0.2, 0.25) is 0 Å². The summed E-state index contributed by atoms with van der Waals surface area (Å²) in [4.78, 5) is 12.1. The third kappa shape index (κ3) is 1.87. The molecule has 5 heteroatoms. The van der Waals surface area contributed by atoms with Gasteiger partial charge in [0.2, 0.25) is 0 Å². The number of hydrogen-bond acceptors (Lipinski definition) is 3. The average molecular weight is 274 g/mol. The molecule has 0 unspecified atom stereocenters. The van der Waals surface area contributed by atoms with E-state index in [0.717, 1.165) is 5.56 Å². The number of hydrogen-bond donors (Lipinski definition) is 1. The van der Waals surface area contributed by atoms with E-state index < -0.39 is 10.1 Å². The fourth-order valence-electron chi connectivity index (χ4n) is 2.43. The molecular weight excluding hydrogens is 264 g/mol. The normalized spacial score (nSPS) is 13.8. The second kappa shape index (κ2) is 4.01. The molecule has 3 rings (SSSR count). The van der Waals surface area contributed by atoms with Gasteiger partial charge in [0.15, 0.2) is 5.78 Å². The zero-order valence-electron chi connectivity index (χ0n) is 9.83. The van der Waals surface area contributed by atoms with E-state index in [9.17, 15) is 17.8 Å². The highest BCUT2D eigenvalue weighted by atomic mass is 32.2. The van der Waals surface area contributed by atoms with E-state index >= 15 is 0 Å². The smallest absolute Gasteiger partial charge is 0.289 e. The van der Waals surface area contributed by atoms with Crippen molar-refractivity contribution in [3.8, 4) is 0 Å². The molecule has 0 spiro atoms. The summed E-state index contributed by atoms with van der Waals surface area (Å²) in [5.41, 5.74) is 2.07. The summed E-state index contributed by atoms with van der Waals surface area (Å²) < 4.78 is 32.0. The summed E-state index contributed by atoms with van der Waals surface area (Å²) >= 11 is 0. The van der Waals surface area contributed by atoms with Crippen LogP contribution in [0.1, 0.15) is 27.0 Å². The van der Waals surface area contributed by atoms with Gasteiger partial charge in [0.05, 0.1) is 0 Å². The molecule has 1 N–H and O–H groups in total. The van der Waals surface area contributed by atoms with Gasteiger partial charge in [0.1, 0.15) is 4.90 Å². The number of carbonyl (C=O) groups is 1. The highest BCUT2D eigenvalue weighted by molar-refractivity contribution is 7.86. The summed E-state index contributed by atoms with van der Waals surface area (Å²) in [5.74, 6) is -0.356. The summed E-state index contributed by atoms with van der Waals surface area (Å²) in [7, 11) is -4.40. The van der Waals surface area contributed by atoms with Crippen molar-refractivity contribution in [3.05, 3.63) is 64.7 Å². The first-order valence-electron chi connectivity index (χ1n) is 5.70. The van der Waals surface area contributed by atoms with Gasteiger partial charge in [0.25, 0.3) is 10.1 Å². The third-order valence-electron chi connectivity index (χ3n) is 3.26. The fourth-order valence-corrected chi connectivity index (χ4v) is 3.16. The topological polar surface area (TPSA) is 71.4 Å². The van der Waals surface area contributed by atoms with Gasteiger partial charge in [-0.1, -0.05) is 36.4 Å². The Hall–Kier alpha value is -1.98. The lowest BCUT2D eigenvalue weighted by molar-refractivity contribution is 0.103. The van der Waals surface area contributed by atoms with Gasteiger partial charge in [-0.15, -0.1) is 0 Å². The molecule has 1 aliphatic rings. The number of carbonyl (C=O) groups excluding carboxylic acids is 1. The molecule has 0 aliphatic heterocycles. The van der Waals surface area contributed by atoms with Crippen LogP contribution in [0, 0.1) is 0 Å². The van der Waals surface area contributed by atoms with Crippen LogP contribution in [0.3, 0.4) is 0 Å². The Morgan fingerprint density at radius 1 is 0.947 bits per heavy atom. The molecule has 0 atom stereocenters. The first kappa shape index (κ1) is 12.1. The predicted octanol–water partition coefficient (Wildman–Crippen LogP) is 2.07. The zero-order chi connectivity index (χ0) is 13.6. The van der Waals surface area contributed by atoms with Gasteiger partial charge in [-0.3, -0.25) is 9.35 Å². The maximum atomic E-state index is 12.4. The van der Waals surface area contributed by atoms with E-state index in [2.05, 4.69) is 0 Å². The van der Waals surface area contributed by atoms with Crippen molar-refractivity contribution in [2.24, 2.45) is 0 Å². The van der Waals surface area contributed by atoms with Gasteiger partial charge in [-0.2, -0.15) is 8.42 Å². The lowest BCUT2D eigenvalue weighted by Gasteiger charge is -2.19. The van der Waals surface area contributed by atoms with Gasteiger partial charge < -0.3 is 0 Å². The van der Waals surface area contributed by atoms with Crippen molar-refractivity contribution in [1.82, 2.24) is 0 Å². The second-order valence-corrected chi connectivity index (χ2v) is 5.82. The van der Waals surface area contributed by atoms with Crippen LogP contribution in [0.25, 0.3) is 0 Å². The SMILES string of the molecule is O=C1c2ccccc2Cc2cccc(S(=O)(=O)O)c21. The maximum absolute atomic E-state index is 12.4. The minimum absolute atomic E-state index is 0.0868. The highest BCUT2D eigenvalue weighted by Gasteiger charge is 2.29. The summed E-state index contributed by atoms with van der Waals surface area (Å²) in [6.07, 6.45) is 0.487. The predicted molar refractivity (Wildman–Crippen MR) is 68.9 cm³/mol. The Morgan fingerprint density at radius 2 is 1.63 bits per heavy atom. The first-order valence-corrected chi connectivity index (χ1v) is 7.14. The van der Waals surface area contributed by atoms with E-state index in [1.54, 1.807) is 18.2 Å². The minimum Gasteiger partial charge on any atom is -0.289 e. The van der Waals surface area contributed by atoms with Crippen molar-refractivity contribution in [2.75, 3.05) is 0 Å². The van der Waals surface area contributed by atoms with Crippen molar-refractivity contribution < 1.29 is 17.8 Å². The van der Waals surface area contributed by atoms with Crippen LogP contribution in [0.15, 0.2) is 47.4 Å². The van der Waals surface area contributed by atoms with Crippen molar-refractivity contribution >= 4 is 15.9 Å². The van der Waals surface area contributed by atoms with E-state index in [1.165, 1.54) is 12.1 Å². The number of ketones is 1. The van der Waals surface area contributed by atoms with Gasteiger partial charge in [-0.05, 0) is 23.6 Å². The molecule has 0 amide bonds. The zero-order valence-corrected chi connectivity index (χ0v) is 10.6. The summed E-state index contributed by atoms with van der Waals surface area (Å²) in [5, 5.41) is 0. The van der Waals surface area contributed by atoms with Crippen LogP contribution >= 0.6 is 0 Å². The fraction of sp³-hybridized carbons (Fsp3) is 0.0714. The van der Waals surface area contributed by atoms with E-state index in [0.29, 0.717) is 17.5 Å². The lowest BCUT2D eigenvalue weighted by Crippen LogP contribution is -2.18.